The maximum Gasteiger partial charge on any atom is 0.335 e. The summed E-state index contributed by atoms with van der Waals surface area (Å²) in [6.45, 7) is 2.71. The third kappa shape index (κ3) is 3.77. The van der Waals surface area contributed by atoms with Gasteiger partial charge in [-0.1, -0.05) is 6.92 Å². The fraction of sp³-hybridized carbons (Fsp3) is 0.857. The molecule has 0 amide bonds. The Kier molecular flexibility index (Phi) is 5.99. The second-order valence-corrected chi connectivity index (χ2v) is 6.29. The van der Waals surface area contributed by atoms with Crippen LogP contribution in [0.1, 0.15) is 13.8 Å². The molecule has 0 bridgehead atoms. The van der Waals surface area contributed by atoms with Crippen molar-refractivity contribution in [3.63, 3.8) is 0 Å². The molecule has 0 aromatic rings. The average Bonchev–Trinajstić information content (AvgIpc) is 2.54. The van der Waals surface area contributed by atoms with Gasteiger partial charge in [-0.15, -0.1) is 0 Å². The van der Waals surface area contributed by atoms with E-state index in [0.717, 1.165) is 0 Å². The van der Waals surface area contributed by atoms with E-state index in [0.29, 0.717) is 0 Å². The van der Waals surface area contributed by atoms with E-state index in [9.17, 15) is 35.1 Å². The van der Waals surface area contributed by atoms with Crippen molar-refractivity contribution in [2.75, 3.05) is 0 Å². The monoisotopic (exact) mass is 366 g/mol. The van der Waals surface area contributed by atoms with Gasteiger partial charge in [0.25, 0.3) is 0 Å². The van der Waals surface area contributed by atoms with Crippen LogP contribution in [-0.4, -0.2) is 97.7 Å². The molecule has 2 heterocycles. The SMILES string of the molecule is CC1OC(C(=O)O)C(OC2OC(C(=O)O)C(C)C(O)C2O)C(O)C1O. The van der Waals surface area contributed by atoms with Gasteiger partial charge >= 0.3 is 11.9 Å². The number of carboxylic acids is 2. The van der Waals surface area contributed by atoms with E-state index in [-0.39, 0.29) is 0 Å². The van der Waals surface area contributed by atoms with Crippen LogP contribution in [0.25, 0.3) is 0 Å². The minimum atomic E-state index is -1.74. The van der Waals surface area contributed by atoms with Crippen molar-refractivity contribution in [2.45, 2.75) is 69.0 Å². The Hall–Kier alpha value is -1.34. The number of aliphatic carboxylic acids is 2. The van der Waals surface area contributed by atoms with Gasteiger partial charge in [0.15, 0.2) is 18.5 Å². The van der Waals surface area contributed by atoms with Gasteiger partial charge in [-0.25, -0.2) is 9.59 Å². The fourth-order valence-corrected chi connectivity index (χ4v) is 2.94. The molecule has 11 heteroatoms. The first kappa shape index (κ1) is 20.0. The number of carbonyl (C=O) groups is 2. The number of ether oxygens (including phenoxy) is 3. The lowest BCUT2D eigenvalue weighted by Crippen LogP contribution is -2.63. The van der Waals surface area contributed by atoms with Gasteiger partial charge in [-0.05, 0) is 6.92 Å². The van der Waals surface area contributed by atoms with Crippen LogP contribution in [0.3, 0.4) is 0 Å². The zero-order valence-corrected chi connectivity index (χ0v) is 13.5. The molecule has 10 unspecified atom stereocenters. The molecule has 25 heavy (non-hydrogen) atoms. The molecule has 2 fully saturated rings. The molecular weight excluding hydrogens is 344 g/mol. The number of rotatable bonds is 4. The highest BCUT2D eigenvalue weighted by atomic mass is 16.7. The van der Waals surface area contributed by atoms with Gasteiger partial charge < -0.3 is 44.8 Å². The summed E-state index contributed by atoms with van der Waals surface area (Å²) in [5.41, 5.74) is 0. The first-order valence-electron chi connectivity index (χ1n) is 7.70. The van der Waals surface area contributed by atoms with Crippen molar-refractivity contribution < 1.29 is 54.4 Å². The van der Waals surface area contributed by atoms with Crippen LogP contribution in [0, 0.1) is 5.92 Å². The summed E-state index contributed by atoms with van der Waals surface area (Å²) in [7, 11) is 0. The number of aliphatic hydroxyl groups is 4. The molecule has 2 aliphatic rings. The zero-order valence-electron chi connectivity index (χ0n) is 13.5. The predicted molar refractivity (Wildman–Crippen MR) is 76.3 cm³/mol. The molecule has 2 rings (SSSR count). The summed E-state index contributed by atoms with van der Waals surface area (Å²) in [6, 6.07) is 0. The summed E-state index contributed by atoms with van der Waals surface area (Å²) >= 11 is 0. The Morgan fingerprint density at radius 2 is 1.36 bits per heavy atom. The molecule has 144 valence electrons. The molecule has 6 N–H and O–H groups in total. The maximum absolute atomic E-state index is 11.3. The smallest absolute Gasteiger partial charge is 0.335 e. The average molecular weight is 366 g/mol. The van der Waals surface area contributed by atoms with Crippen LogP contribution >= 0.6 is 0 Å². The Morgan fingerprint density at radius 1 is 0.800 bits per heavy atom. The van der Waals surface area contributed by atoms with Gasteiger partial charge in [-0.3, -0.25) is 0 Å². The lowest BCUT2D eigenvalue weighted by Gasteiger charge is -2.44. The molecule has 2 saturated heterocycles. The summed E-state index contributed by atoms with van der Waals surface area (Å²) in [4.78, 5) is 22.5. The quantitative estimate of drug-likeness (QED) is 0.301. The van der Waals surface area contributed by atoms with E-state index in [2.05, 4.69) is 0 Å². The van der Waals surface area contributed by atoms with E-state index in [1.54, 1.807) is 0 Å². The van der Waals surface area contributed by atoms with Crippen LogP contribution in [0.5, 0.6) is 0 Å². The lowest BCUT2D eigenvalue weighted by molar-refractivity contribution is -0.326. The third-order valence-corrected chi connectivity index (χ3v) is 4.53. The van der Waals surface area contributed by atoms with Crippen LogP contribution in [0.2, 0.25) is 0 Å². The standard InChI is InChI=1S/C14H22O11/c1-3-5(15)8(18)14(24-9(3)12(19)20)25-10-7(17)6(16)4(2)23-11(10)13(21)22/h3-11,14-18H,1-2H3,(H,19,20)(H,21,22). The van der Waals surface area contributed by atoms with Crippen molar-refractivity contribution >= 4 is 11.9 Å². The van der Waals surface area contributed by atoms with Crippen LogP contribution in [0.4, 0.5) is 0 Å². The fourth-order valence-electron chi connectivity index (χ4n) is 2.94. The number of carboxylic acid groups (broad SMARTS) is 2. The molecule has 11 nitrogen and oxygen atoms in total. The topological polar surface area (TPSA) is 183 Å². The predicted octanol–water partition coefficient (Wildman–Crippen LogP) is -2.87. The van der Waals surface area contributed by atoms with E-state index in [1.165, 1.54) is 13.8 Å². The highest BCUT2D eigenvalue weighted by Crippen LogP contribution is 2.31. The van der Waals surface area contributed by atoms with Crippen LogP contribution < -0.4 is 0 Å². The molecule has 0 radical (unpaired) electrons. The van der Waals surface area contributed by atoms with E-state index >= 15 is 0 Å². The summed E-state index contributed by atoms with van der Waals surface area (Å²) in [5.74, 6) is -3.85. The van der Waals surface area contributed by atoms with Crippen molar-refractivity contribution in [2.24, 2.45) is 5.92 Å². The molecule has 0 spiro atoms. The highest BCUT2D eigenvalue weighted by molar-refractivity contribution is 5.73. The van der Waals surface area contributed by atoms with Crippen molar-refractivity contribution in [3.8, 4) is 0 Å². The van der Waals surface area contributed by atoms with Gasteiger partial charge in [0.05, 0.1) is 12.2 Å². The number of hydrogen-bond donors (Lipinski definition) is 6. The Bertz CT molecular complexity index is 511. The number of hydrogen-bond acceptors (Lipinski definition) is 9. The van der Waals surface area contributed by atoms with Crippen molar-refractivity contribution in [3.05, 3.63) is 0 Å². The van der Waals surface area contributed by atoms with Crippen molar-refractivity contribution in [1.29, 1.82) is 0 Å². The van der Waals surface area contributed by atoms with Gasteiger partial charge in [0.1, 0.15) is 24.4 Å². The largest absolute Gasteiger partial charge is 0.479 e. The molecule has 0 saturated carbocycles. The molecule has 0 aromatic heterocycles. The minimum Gasteiger partial charge on any atom is -0.479 e. The summed E-state index contributed by atoms with van der Waals surface area (Å²) < 4.78 is 15.4. The Balaban J connectivity index is 2.22. The molecule has 2 aliphatic heterocycles. The normalized spacial score (nSPS) is 48.1. The zero-order chi connectivity index (χ0) is 19.0. The molecule has 10 atom stereocenters. The number of aliphatic hydroxyl groups excluding tert-OH is 4. The van der Waals surface area contributed by atoms with Gasteiger partial charge in [0, 0.05) is 5.92 Å². The second-order valence-electron chi connectivity index (χ2n) is 6.29. The summed E-state index contributed by atoms with van der Waals surface area (Å²) in [6.07, 6.45) is -14.0. The lowest BCUT2D eigenvalue weighted by atomic mass is 9.90. The van der Waals surface area contributed by atoms with Gasteiger partial charge in [-0.2, -0.15) is 0 Å². The Morgan fingerprint density at radius 3 is 1.88 bits per heavy atom. The molecular formula is C14H22O11. The molecule has 0 aliphatic carbocycles. The Labute approximate surface area is 142 Å². The minimum absolute atomic E-state index is 0.958. The van der Waals surface area contributed by atoms with Gasteiger partial charge in [0.2, 0.25) is 0 Å². The summed E-state index contributed by atoms with van der Waals surface area (Å²) in [5, 5.41) is 58.3. The van der Waals surface area contributed by atoms with E-state index in [1.807, 2.05) is 0 Å². The maximum atomic E-state index is 11.3. The third-order valence-electron chi connectivity index (χ3n) is 4.53. The second kappa shape index (κ2) is 7.50. The van der Waals surface area contributed by atoms with E-state index < -0.39 is 73.0 Å². The molecule has 0 aromatic carbocycles. The first-order chi connectivity index (χ1) is 11.6. The first-order valence-corrected chi connectivity index (χ1v) is 7.70. The highest BCUT2D eigenvalue weighted by Gasteiger charge is 2.52. The van der Waals surface area contributed by atoms with E-state index in [4.69, 9.17) is 19.3 Å². The van der Waals surface area contributed by atoms with Crippen molar-refractivity contribution in [1.82, 2.24) is 0 Å². The van der Waals surface area contributed by atoms with Crippen LogP contribution in [0.15, 0.2) is 0 Å². The van der Waals surface area contributed by atoms with Crippen LogP contribution in [-0.2, 0) is 23.8 Å².